The van der Waals surface area contributed by atoms with Gasteiger partial charge in [-0.05, 0) is 52.3 Å². The van der Waals surface area contributed by atoms with Gasteiger partial charge >= 0.3 is 18.0 Å². The first-order valence-electron chi connectivity index (χ1n) is 12.6. The normalized spacial score (nSPS) is 21.0. The number of esters is 1. The Kier molecular flexibility index (Phi) is 9.26. The molecule has 0 bridgehead atoms. The molecule has 2 unspecified atom stereocenters. The molecule has 3 rings (SSSR count). The third kappa shape index (κ3) is 7.05. The highest BCUT2D eigenvalue weighted by atomic mass is 35.5. The molecule has 1 aromatic carbocycles. The summed E-state index contributed by atoms with van der Waals surface area (Å²) in [5.74, 6) is -0.493. The topological polar surface area (TPSA) is 94.2 Å². The molecule has 0 aliphatic carbocycles. The Morgan fingerprint density at radius 1 is 1.30 bits per heavy atom. The molecule has 2 aliphatic rings. The zero-order valence-electron chi connectivity index (χ0n) is 22.3. The molecule has 2 aliphatic heterocycles. The van der Waals surface area contributed by atoms with E-state index in [0.29, 0.717) is 48.0 Å². The Hall–Kier alpha value is -3.04. The first kappa shape index (κ1) is 28.5. The highest BCUT2D eigenvalue weighted by molar-refractivity contribution is 6.30. The monoisotopic (exact) mass is 531 g/mol. The highest BCUT2D eigenvalue weighted by Crippen LogP contribution is 2.33. The van der Waals surface area contributed by atoms with Crippen molar-refractivity contribution >= 4 is 29.6 Å². The van der Waals surface area contributed by atoms with E-state index >= 15 is 0 Å². The minimum Gasteiger partial charge on any atom is -0.463 e. The van der Waals surface area contributed by atoms with E-state index in [-0.39, 0.29) is 36.8 Å². The third-order valence-electron chi connectivity index (χ3n) is 6.26. The number of carbonyl (C=O) groups is 3. The predicted molar refractivity (Wildman–Crippen MR) is 144 cm³/mol. The number of ether oxygens (including phenoxy) is 1. The van der Waals surface area contributed by atoms with E-state index in [1.807, 2.05) is 38.7 Å². The van der Waals surface area contributed by atoms with Crippen molar-refractivity contribution in [3.05, 3.63) is 58.8 Å². The zero-order valence-corrected chi connectivity index (χ0v) is 23.1. The maximum absolute atomic E-state index is 13.3. The SMILES string of the molecule is C=CCN1C(=O)NC(c2cccc(Cl)c2)C(C(=O)OCC)=C1CN1CCN(C(=O)NC(C)(C)C)C(C)C1. The number of rotatable bonds is 7. The number of benzene rings is 1. The Balaban J connectivity index is 1.96. The summed E-state index contributed by atoms with van der Waals surface area (Å²) in [4.78, 5) is 44.9. The van der Waals surface area contributed by atoms with Crippen LogP contribution in [0.25, 0.3) is 0 Å². The van der Waals surface area contributed by atoms with Gasteiger partial charge < -0.3 is 20.3 Å². The maximum Gasteiger partial charge on any atom is 0.338 e. The van der Waals surface area contributed by atoms with E-state index < -0.39 is 12.0 Å². The van der Waals surface area contributed by atoms with Crippen molar-refractivity contribution < 1.29 is 19.1 Å². The van der Waals surface area contributed by atoms with Gasteiger partial charge in [0.2, 0.25) is 0 Å². The summed E-state index contributed by atoms with van der Waals surface area (Å²) < 4.78 is 5.45. The van der Waals surface area contributed by atoms with Gasteiger partial charge in [-0.2, -0.15) is 0 Å². The molecule has 10 heteroatoms. The second kappa shape index (κ2) is 12.0. The number of hydrogen-bond acceptors (Lipinski definition) is 5. The lowest BCUT2D eigenvalue weighted by Gasteiger charge is -2.43. The molecule has 4 amide bonds. The van der Waals surface area contributed by atoms with E-state index in [1.165, 1.54) is 4.90 Å². The highest BCUT2D eigenvalue weighted by Gasteiger charge is 2.39. The average molecular weight is 532 g/mol. The summed E-state index contributed by atoms with van der Waals surface area (Å²) in [7, 11) is 0. The van der Waals surface area contributed by atoms with Crippen molar-refractivity contribution in [3.8, 4) is 0 Å². The van der Waals surface area contributed by atoms with Gasteiger partial charge in [0.25, 0.3) is 0 Å². The smallest absolute Gasteiger partial charge is 0.338 e. The van der Waals surface area contributed by atoms with Crippen LogP contribution in [0.15, 0.2) is 48.2 Å². The van der Waals surface area contributed by atoms with Crippen LogP contribution in [0.3, 0.4) is 0 Å². The summed E-state index contributed by atoms with van der Waals surface area (Å²) in [6.07, 6.45) is 1.62. The number of hydrogen-bond donors (Lipinski definition) is 2. The van der Waals surface area contributed by atoms with Crippen molar-refractivity contribution in [1.82, 2.24) is 25.3 Å². The van der Waals surface area contributed by atoms with Crippen LogP contribution in [0.1, 0.15) is 46.2 Å². The van der Waals surface area contributed by atoms with Crippen LogP contribution >= 0.6 is 11.6 Å². The van der Waals surface area contributed by atoms with E-state index in [9.17, 15) is 14.4 Å². The molecule has 37 heavy (non-hydrogen) atoms. The van der Waals surface area contributed by atoms with Crippen LogP contribution in [-0.2, 0) is 9.53 Å². The Morgan fingerprint density at radius 2 is 2.03 bits per heavy atom. The minimum atomic E-state index is -0.711. The Bertz CT molecular complexity index is 1070. The molecule has 2 heterocycles. The van der Waals surface area contributed by atoms with E-state index in [1.54, 1.807) is 31.2 Å². The molecule has 1 aromatic rings. The zero-order chi connectivity index (χ0) is 27.3. The van der Waals surface area contributed by atoms with Crippen LogP contribution < -0.4 is 10.6 Å². The molecular formula is C27H38ClN5O4. The molecule has 2 N–H and O–H groups in total. The van der Waals surface area contributed by atoms with Gasteiger partial charge in [0.05, 0.1) is 18.2 Å². The largest absolute Gasteiger partial charge is 0.463 e. The molecule has 0 radical (unpaired) electrons. The fourth-order valence-corrected chi connectivity index (χ4v) is 4.86. The van der Waals surface area contributed by atoms with Gasteiger partial charge in [-0.3, -0.25) is 9.80 Å². The Labute approximate surface area is 224 Å². The van der Waals surface area contributed by atoms with Crippen molar-refractivity contribution in [3.63, 3.8) is 0 Å². The molecule has 1 fully saturated rings. The number of nitrogens with zero attached hydrogens (tertiary/aromatic N) is 3. The van der Waals surface area contributed by atoms with Gasteiger partial charge in [0.1, 0.15) is 0 Å². The fourth-order valence-electron chi connectivity index (χ4n) is 4.66. The van der Waals surface area contributed by atoms with E-state index in [4.69, 9.17) is 16.3 Å². The fraction of sp³-hybridized carbons (Fsp3) is 0.519. The van der Waals surface area contributed by atoms with Crippen molar-refractivity contribution in [1.29, 1.82) is 0 Å². The molecule has 9 nitrogen and oxygen atoms in total. The molecule has 0 aromatic heterocycles. The minimum absolute atomic E-state index is 0.0586. The van der Waals surface area contributed by atoms with Crippen molar-refractivity contribution in [2.24, 2.45) is 0 Å². The molecule has 2 atom stereocenters. The van der Waals surface area contributed by atoms with Crippen molar-refractivity contribution in [2.45, 2.75) is 52.2 Å². The number of piperazine rings is 1. The molecule has 0 spiro atoms. The van der Waals surface area contributed by atoms with Gasteiger partial charge in [0, 0.05) is 55.0 Å². The number of halogens is 1. The molecule has 0 saturated carbocycles. The number of carbonyl (C=O) groups excluding carboxylic acids is 3. The second-order valence-electron chi connectivity index (χ2n) is 10.4. The van der Waals surface area contributed by atoms with Gasteiger partial charge in [0.15, 0.2) is 0 Å². The van der Waals surface area contributed by atoms with E-state index in [0.717, 1.165) is 0 Å². The lowest BCUT2D eigenvalue weighted by Crippen LogP contribution is -2.59. The van der Waals surface area contributed by atoms with E-state index in [2.05, 4.69) is 22.1 Å². The maximum atomic E-state index is 13.3. The molecule has 1 saturated heterocycles. The average Bonchev–Trinajstić information content (AvgIpc) is 2.80. The van der Waals surface area contributed by atoms with Gasteiger partial charge in [-0.25, -0.2) is 14.4 Å². The quantitative estimate of drug-likeness (QED) is 0.411. The van der Waals surface area contributed by atoms with Crippen LogP contribution in [0, 0.1) is 0 Å². The number of amides is 4. The standard InChI is InChI=1S/C27H38ClN5O4/c1-7-12-33-21(17-31-13-14-32(18(3)16-31)26(36)30-27(4,5)6)22(24(34)37-8-2)23(29-25(33)35)19-10-9-11-20(28)15-19/h7,9-11,15,18,23H,1,8,12-14,16-17H2,2-6H3,(H,29,35)(H,30,36). The Morgan fingerprint density at radius 3 is 2.62 bits per heavy atom. The second-order valence-corrected chi connectivity index (χ2v) is 10.8. The summed E-state index contributed by atoms with van der Waals surface area (Å²) in [5.41, 5.74) is 1.29. The first-order valence-corrected chi connectivity index (χ1v) is 13.0. The predicted octanol–water partition coefficient (Wildman–Crippen LogP) is 3.92. The van der Waals surface area contributed by atoms with Crippen LogP contribution in [0.5, 0.6) is 0 Å². The third-order valence-corrected chi connectivity index (χ3v) is 6.49. The summed E-state index contributed by atoms with van der Waals surface area (Å²) in [6, 6.07) is 5.89. The molecular weight excluding hydrogens is 494 g/mol. The van der Waals surface area contributed by atoms with Crippen LogP contribution in [0.2, 0.25) is 5.02 Å². The molecule has 202 valence electrons. The first-order chi connectivity index (χ1) is 17.4. The lowest BCUT2D eigenvalue weighted by atomic mass is 9.94. The van der Waals surface area contributed by atoms with Crippen molar-refractivity contribution in [2.75, 3.05) is 39.3 Å². The number of nitrogens with one attached hydrogen (secondary N) is 2. The van der Waals surface area contributed by atoms with Crippen LogP contribution in [-0.4, -0.2) is 83.6 Å². The number of urea groups is 2. The van der Waals surface area contributed by atoms with Gasteiger partial charge in [-0.15, -0.1) is 6.58 Å². The van der Waals surface area contributed by atoms with Crippen LogP contribution in [0.4, 0.5) is 9.59 Å². The summed E-state index contributed by atoms with van der Waals surface area (Å²) in [6.45, 7) is 15.9. The summed E-state index contributed by atoms with van der Waals surface area (Å²) >= 11 is 6.24. The summed E-state index contributed by atoms with van der Waals surface area (Å²) in [5, 5.41) is 6.47. The van der Waals surface area contributed by atoms with Gasteiger partial charge in [-0.1, -0.05) is 29.8 Å². The lowest BCUT2D eigenvalue weighted by molar-refractivity contribution is -0.139.